The number of aromatic hydroxyl groups is 1. The third kappa shape index (κ3) is 2.16. The molecule has 0 saturated heterocycles. The van der Waals surface area contributed by atoms with Crippen molar-refractivity contribution in [2.24, 2.45) is 11.7 Å². The van der Waals surface area contributed by atoms with Gasteiger partial charge in [0.05, 0.1) is 0 Å². The van der Waals surface area contributed by atoms with Crippen molar-refractivity contribution in [1.82, 2.24) is 0 Å². The Kier molecular flexibility index (Phi) is 3.34. The molecule has 0 heterocycles. The van der Waals surface area contributed by atoms with Gasteiger partial charge in [0.15, 0.2) is 11.6 Å². The summed E-state index contributed by atoms with van der Waals surface area (Å²) in [4.78, 5) is 0. The van der Waals surface area contributed by atoms with Crippen LogP contribution in [0, 0.1) is 11.7 Å². The molecule has 0 unspecified atom stereocenters. The first kappa shape index (κ1) is 11.3. The highest BCUT2D eigenvalue weighted by atomic mass is 35.5. The maximum Gasteiger partial charge on any atom is 0.166 e. The van der Waals surface area contributed by atoms with Gasteiger partial charge >= 0.3 is 0 Å². The second kappa shape index (κ2) is 4.15. The van der Waals surface area contributed by atoms with Gasteiger partial charge in [-0.1, -0.05) is 25.4 Å². The lowest BCUT2D eigenvalue weighted by molar-refractivity contribution is 0.407. The summed E-state index contributed by atoms with van der Waals surface area (Å²) in [7, 11) is 0. The van der Waals surface area contributed by atoms with E-state index in [2.05, 4.69) is 0 Å². The number of hydrogen-bond donors (Lipinski definition) is 2. The average molecular weight is 218 g/mol. The predicted octanol–water partition coefficient (Wildman–Crippen LogP) is 2.84. The molecule has 14 heavy (non-hydrogen) atoms. The Balaban J connectivity index is 3.20. The minimum absolute atomic E-state index is 0.110. The van der Waals surface area contributed by atoms with Crippen LogP contribution in [0.3, 0.4) is 0 Å². The molecule has 3 N–H and O–H groups in total. The Morgan fingerprint density at radius 1 is 1.43 bits per heavy atom. The summed E-state index contributed by atoms with van der Waals surface area (Å²) >= 11 is 5.66. The Hall–Kier alpha value is -0.800. The molecule has 4 heteroatoms. The molecule has 1 aromatic rings. The smallest absolute Gasteiger partial charge is 0.166 e. The zero-order chi connectivity index (χ0) is 10.9. The molecular formula is C10H13ClFNO. The molecule has 1 rings (SSSR count). The monoisotopic (exact) mass is 217 g/mol. The van der Waals surface area contributed by atoms with Crippen molar-refractivity contribution in [3.63, 3.8) is 0 Å². The van der Waals surface area contributed by atoms with Gasteiger partial charge in [-0.25, -0.2) is 4.39 Å². The molecule has 2 nitrogen and oxygen atoms in total. The minimum atomic E-state index is -0.733. The van der Waals surface area contributed by atoms with Gasteiger partial charge in [0.2, 0.25) is 0 Å². The fourth-order valence-corrected chi connectivity index (χ4v) is 1.41. The highest BCUT2D eigenvalue weighted by Gasteiger charge is 2.18. The Morgan fingerprint density at radius 2 is 2.00 bits per heavy atom. The van der Waals surface area contributed by atoms with Crippen molar-refractivity contribution < 1.29 is 9.50 Å². The summed E-state index contributed by atoms with van der Waals surface area (Å²) in [5, 5.41) is 9.67. The maximum atomic E-state index is 13.1. The second-order valence-corrected chi connectivity index (χ2v) is 4.03. The molecular weight excluding hydrogens is 205 g/mol. The second-order valence-electron chi connectivity index (χ2n) is 3.60. The van der Waals surface area contributed by atoms with Gasteiger partial charge in [0.25, 0.3) is 0 Å². The summed E-state index contributed by atoms with van der Waals surface area (Å²) in [6.45, 7) is 3.78. The van der Waals surface area contributed by atoms with E-state index in [1.165, 1.54) is 6.07 Å². The zero-order valence-corrected chi connectivity index (χ0v) is 8.85. The summed E-state index contributed by atoms with van der Waals surface area (Å²) in [6, 6.07) is 2.14. The van der Waals surface area contributed by atoms with E-state index in [0.29, 0.717) is 5.56 Å². The topological polar surface area (TPSA) is 46.2 Å². The molecule has 0 aliphatic heterocycles. The van der Waals surface area contributed by atoms with Crippen LogP contribution in [0.5, 0.6) is 5.75 Å². The quantitative estimate of drug-likeness (QED) is 0.800. The SMILES string of the molecule is CC(C)[C@H](N)c1cc(Cl)cc(F)c1O. The lowest BCUT2D eigenvalue weighted by Gasteiger charge is -2.17. The zero-order valence-electron chi connectivity index (χ0n) is 8.09. The normalized spacial score (nSPS) is 13.3. The third-order valence-electron chi connectivity index (χ3n) is 2.14. The van der Waals surface area contributed by atoms with E-state index in [-0.39, 0.29) is 10.9 Å². The molecule has 78 valence electrons. The molecule has 0 saturated carbocycles. The predicted molar refractivity (Wildman–Crippen MR) is 54.8 cm³/mol. The Labute approximate surface area is 87.5 Å². The lowest BCUT2D eigenvalue weighted by Crippen LogP contribution is -2.17. The molecule has 1 atom stereocenters. The van der Waals surface area contributed by atoms with E-state index in [0.717, 1.165) is 6.07 Å². The summed E-state index contributed by atoms with van der Waals surface area (Å²) in [5.41, 5.74) is 6.14. The molecule has 0 fully saturated rings. The molecule has 0 radical (unpaired) electrons. The molecule has 0 bridgehead atoms. The number of phenols is 1. The molecule has 1 aromatic carbocycles. The fourth-order valence-electron chi connectivity index (χ4n) is 1.20. The molecule has 0 spiro atoms. The number of hydrogen-bond acceptors (Lipinski definition) is 2. The Morgan fingerprint density at radius 3 is 2.50 bits per heavy atom. The van der Waals surface area contributed by atoms with Crippen molar-refractivity contribution >= 4 is 11.6 Å². The van der Waals surface area contributed by atoms with E-state index in [1.54, 1.807) is 0 Å². The van der Waals surface area contributed by atoms with Crippen LogP contribution in [0.25, 0.3) is 0 Å². The van der Waals surface area contributed by atoms with Crippen LogP contribution < -0.4 is 5.73 Å². The fraction of sp³-hybridized carbons (Fsp3) is 0.400. The largest absolute Gasteiger partial charge is 0.505 e. The van der Waals surface area contributed by atoms with Crippen LogP contribution in [0.4, 0.5) is 4.39 Å². The van der Waals surface area contributed by atoms with Crippen molar-refractivity contribution in [2.75, 3.05) is 0 Å². The first-order chi connectivity index (χ1) is 6.43. The number of halogens is 2. The molecule has 0 amide bonds. The molecule has 0 aliphatic rings. The van der Waals surface area contributed by atoms with Gasteiger partial charge < -0.3 is 10.8 Å². The average Bonchev–Trinajstić information content (AvgIpc) is 2.09. The minimum Gasteiger partial charge on any atom is -0.505 e. The first-order valence-corrected chi connectivity index (χ1v) is 4.74. The summed E-state index contributed by atoms with van der Waals surface area (Å²) in [6.07, 6.45) is 0. The number of nitrogens with two attached hydrogens (primary N) is 1. The lowest BCUT2D eigenvalue weighted by atomic mass is 9.96. The van der Waals surface area contributed by atoms with Crippen LogP contribution in [-0.2, 0) is 0 Å². The summed E-state index contributed by atoms with van der Waals surface area (Å²) in [5.74, 6) is -1.03. The van der Waals surface area contributed by atoms with E-state index < -0.39 is 17.6 Å². The highest BCUT2D eigenvalue weighted by Crippen LogP contribution is 2.32. The van der Waals surface area contributed by atoms with Crippen LogP contribution >= 0.6 is 11.6 Å². The van der Waals surface area contributed by atoms with Gasteiger partial charge in [-0.05, 0) is 18.1 Å². The van der Waals surface area contributed by atoms with Gasteiger partial charge in [0.1, 0.15) is 0 Å². The van der Waals surface area contributed by atoms with Gasteiger partial charge in [0, 0.05) is 16.6 Å². The van der Waals surface area contributed by atoms with Crippen LogP contribution in [0.1, 0.15) is 25.5 Å². The van der Waals surface area contributed by atoms with Crippen LogP contribution in [-0.4, -0.2) is 5.11 Å². The van der Waals surface area contributed by atoms with Gasteiger partial charge in [-0.3, -0.25) is 0 Å². The van der Waals surface area contributed by atoms with Crippen molar-refractivity contribution in [3.05, 3.63) is 28.5 Å². The van der Waals surface area contributed by atoms with Gasteiger partial charge in [-0.15, -0.1) is 0 Å². The molecule has 0 aliphatic carbocycles. The van der Waals surface area contributed by atoms with Crippen molar-refractivity contribution in [2.45, 2.75) is 19.9 Å². The number of phenolic OH excluding ortho intramolecular Hbond substituents is 1. The van der Waals surface area contributed by atoms with Crippen LogP contribution in [0.2, 0.25) is 5.02 Å². The van der Waals surface area contributed by atoms with Crippen molar-refractivity contribution in [3.8, 4) is 5.75 Å². The van der Waals surface area contributed by atoms with E-state index in [9.17, 15) is 9.50 Å². The van der Waals surface area contributed by atoms with E-state index in [4.69, 9.17) is 17.3 Å². The number of rotatable bonds is 2. The van der Waals surface area contributed by atoms with E-state index in [1.807, 2.05) is 13.8 Å². The van der Waals surface area contributed by atoms with Gasteiger partial charge in [-0.2, -0.15) is 0 Å². The summed E-state index contributed by atoms with van der Waals surface area (Å²) < 4.78 is 13.1. The molecule has 0 aromatic heterocycles. The van der Waals surface area contributed by atoms with E-state index >= 15 is 0 Å². The van der Waals surface area contributed by atoms with Crippen molar-refractivity contribution in [1.29, 1.82) is 0 Å². The Bertz CT molecular complexity index is 341. The van der Waals surface area contributed by atoms with Crippen LogP contribution in [0.15, 0.2) is 12.1 Å². The third-order valence-corrected chi connectivity index (χ3v) is 2.35. The first-order valence-electron chi connectivity index (χ1n) is 4.37. The standard InChI is InChI=1S/C10H13ClFNO/c1-5(2)9(13)7-3-6(11)4-8(12)10(7)14/h3-5,9,14H,13H2,1-2H3/t9-/m0/s1. The highest BCUT2D eigenvalue weighted by molar-refractivity contribution is 6.30. The maximum absolute atomic E-state index is 13.1. The number of benzene rings is 1.